The summed E-state index contributed by atoms with van der Waals surface area (Å²) in [5.74, 6) is 0. The summed E-state index contributed by atoms with van der Waals surface area (Å²) < 4.78 is 0. The van der Waals surface area contributed by atoms with Gasteiger partial charge in [-0.2, -0.15) is 0 Å². The molecule has 67 heavy (non-hydrogen) atoms. The zero-order valence-corrected chi connectivity index (χ0v) is 38.0. The maximum atomic E-state index is 2.53. The molecule has 3 aliphatic carbocycles. The fourth-order valence-electron chi connectivity index (χ4n) is 12.5. The average molecular weight is 856 g/mol. The van der Waals surface area contributed by atoms with Crippen LogP contribution >= 0.6 is 0 Å². The van der Waals surface area contributed by atoms with Gasteiger partial charge in [-0.05, 0) is 132 Å². The van der Waals surface area contributed by atoms with E-state index >= 15 is 0 Å². The minimum atomic E-state index is -0.503. The predicted molar refractivity (Wildman–Crippen MR) is 279 cm³/mol. The van der Waals surface area contributed by atoms with Gasteiger partial charge in [0.05, 0.1) is 11.1 Å². The summed E-state index contributed by atoms with van der Waals surface area (Å²) in [7, 11) is 0. The molecule has 1 nitrogen and oxygen atoms in total. The molecule has 10 aromatic carbocycles. The highest BCUT2D eigenvalue weighted by Gasteiger charge is 2.46. The molecule has 0 saturated heterocycles. The van der Waals surface area contributed by atoms with Gasteiger partial charge in [0.1, 0.15) is 0 Å². The van der Waals surface area contributed by atoms with Crippen molar-refractivity contribution in [3.8, 4) is 44.5 Å². The molecule has 0 saturated carbocycles. The molecule has 318 valence electrons. The van der Waals surface area contributed by atoms with Crippen molar-refractivity contribution in [2.24, 2.45) is 0 Å². The second kappa shape index (κ2) is 14.8. The summed E-state index contributed by atoms with van der Waals surface area (Å²) in [5.41, 5.74) is 24.4. The third-order valence-electron chi connectivity index (χ3n) is 15.6. The van der Waals surface area contributed by atoms with Crippen LogP contribution < -0.4 is 4.90 Å². The topological polar surface area (TPSA) is 3.24 Å². The number of benzene rings is 10. The Balaban J connectivity index is 1.05. The van der Waals surface area contributed by atoms with E-state index in [1.807, 2.05) is 0 Å². The average Bonchev–Trinajstić information content (AvgIpc) is 3.93. The second-order valence-corrected chi connectivity index (χ2v) is 19.3. The van der Waals surface area contributed by atoms with E-state index in [9.17, 15) is 0 Å². The Morgan fingerprint density at radius 3 is 1.33 bits per heavy atom. The summed E-state index contributed by atoms with van der Waals surface area (Å²) in [6.07, 6.45) is 0. The molecule has 0 aromatic heterocycles. The Morgan fingerprint density at radius 2 is 0.701 bits per heavy atom. The first kappa shape index (κ1) is 39.4. The molecule has 0 amide bonds. The lowest BCUT2D eigenvalue weighted by Gasteiger charge is -2.34. The molecule has 1 atom stereocenters. The van der Waals surface area contributed by atoms with Crippen molar-refractivity contribution in [2.75, 3.05) is 4.90 Å². The highest BCUT2D eigenvalue weighted by Crippen LogP contribution is 2.59. The number of hydrogen-bond donors (Lipinski definition) is 0. The van der Waals surface area contributed by atoms with Crippen LogP contribution in [0.4, 0.5) is 17.1 Å². The Labute approximate surface area is 394 Å². The minimum Gasteiger partial charge on any atom is -0.310 e. The molecule has 0 bridgehead atoms. The van der Waals surface area contributed by atoms with Crippen molar-refractivity contribution < 1.29 is 0 Å². The van der Waals surface area contributed by atoms with Gasteiger partial charge < -0.3 is 4.90 Å². The van der Waals surface area contributed by atoms with Gasteiger partial charge in [-0.15, -0.1) is 0 Å². The molecule has 0 N–H and O–H groups in total. The Bertz CT molecular complexity index is 3530. The van der Waals surface area contributed by atoms with Gasteiger partial charge in [-0.3, -0.25) is 0 Å². The van der Waals surface area contributed by atoms with Gasteiger partial charge in [-0.1, -0.05) is 220 Å². The fourth-order valence-corrected chi connectivity index (χ4v) is 12.5. The van der Waals surface area contributed by atoms with Crippen LogP contribution in [0.3, 0.4) is 0 Å². The summed E-state index contributed by atoms with van der Waals surface area (Å²) in [6, 6.07) is 91.0. The van der Waals surface area contributed by atoms with E-state index < -0.39 is 5.41 Å². The smallest absolute Gasteiger partial charge is 0.0713 e. The normalized spacial score (nSPS) is 16.3. The van der Waals surface area contributed by atoms with Crippen LogP contribution in [0.1, 0.15) is 70.8 Å². The predicted octanol–water partition coefficient (Wildman–Crippen LogP) is 16.8. The van der Waals surface area contributed by atoms with Crippen LogP contribution in [-0.4, -0.2) is 0 Å². The number of anilines is 3. The molecular formula is C66H49N. The molecule has 0 spiro atoms. The summed E-state index contributed by atoms with van der Waals surface area (Å²) in [4.78, 5) is 2.53. The van der Waals surface area contributed by atoms with E-state index in [1.54, 1.807) is 0 Å². The third kappa shape index (κ3) is 5.55. The first-order valence-corrected chi connectivity index (χ1v) is 23.7. The molecule has 0 heterocycles. The van der Waals surface area contributed by atoms with Crippen LogP contribution in [0.25, 0.3) is 44.5 Å². The van der Waals surface area contributed by atoms with E-state index in [1.165, 1.54) is 94.6 Å². The van der Waals surface area contributed by atoms with Gasteiger partial charge in [-0.25, -0.2) is 0 Å². The first-order chi connectivity index (χ1) is 32.9. The molecular weight excluding hydrogens is 807 g/mol. The van der Waals surface area contributed by atoms with Crippen LogP contribution in [-0.2, 0) is 16.2 Å². The van der Waals surface area contributed by atoms with Crippen molar-refractivity contribution in [3.05, 3.63) is 293 Å². The third-order valence-corrected chi connectivity index (χ3v) is 15.6. The molecule has 0 aliphatic heterocycles. The van der Waals surface area contributed by atoms with E-state index in [4.69, 9.17) is 0 Å². The molecule has 10 aromatic rings. The molecule has 0 fully saturated rings. The number of para-hydroxylation sites is 1. The lowest BCUT2D eigenvalue weighted by molar-refractivity contribution is 0.660. The molecule has 3 aliphatic rings. The van der Waals surface area contributed by atoms with Gasteiger partial charge >= 0.3 is 0 Å². The Morgan fingerprint density at radius 1 is 0.284 bits per heavy atom. The van der Waals surface area contributed by atoms with Crippen molar-refractivity contribution in [1.29, 1.82) is 0 Å². The Hall–Kier alpha value is -8.00. The SMILES string of the molecule is CC1(C)c2ccccc2-c2ccc(N(c3ccc4c(c3)C(C)(c3ccccc3)c3ccccc3-4)c3ccccc3-c3ccc4c(c3)C(c3ccccc3)(c3ccccc3)c3ccccc3-4)cc21. The Kier molecular flexibility index (Phi) is 8.67. The van der Waals surface area contributed by atoms with E-state index in [-0.39, 0.29) is 10.8 Å². The molecule has 1 heteroatoms. The van der Waals surface area contributed by atoms with Crippen LogP contribution in [0, 0.1) is 0 Å². The second-order valence-electron chi connectivity index (χ2n) is 19.3. The maximum absolute atomic E-state index is 2.53. The zero-order chi connectivity index (χ0) is 44.9. The quantitative estimate of drug-likeness (QED) is 0.154. The van der Waals surface area contributed by atoms with E-state index in [2.05, 4.69) is 268 Å². The van der Waals surface area contributed by atoms with Gasteiger partial charge in [0.2, 0.25) is 0 Å². The molecule has 13 rings (SSSR count). The fraction of sp³-hybridized carbons (Fsp3) is 0.0909. The largest absolute Gasteiger partial charge is 0.310 e. The van der Waals surface area contributed by atoms with Crippen molar-refractivity contribution in [3.63, 3.8) is 0 Å². The van der Waals surface area contributed by atoms with Crippen molar-refractivity contribution >= 4 is 17.1 Å². The highest BCUT2D eigenvalue weighted by molar-refractivity contribution is 5.95. The van der Waals surface area contributed by atoms with Crippen molar-refractivity contribution in [2.45, 2.75) is 37.0 Å². The number of rotatable bonds is 7. The standard InChI is InChI=1S/C66H49N/c1-64(2)57-31-17-13-28-51(57)54-39-36-48(42-60(54)64)67(49-37-40-55-52-29-14-18-32-58(52)65(3,61(55)43-49)45-21-7-4-8-22-45)63-34-20-16-27-50(63)44-35-38-56-53-30-15-19-33-59(53)66(62(56)41-44,46-23-9-5-10-24-46)47-25-11-6-12-26-47/h4-43H,1-3H3. The van der Waals surface area contributed by atoms with Gasteiger partial charge in [0.25, 0.3) is 0 Å². The van der Waals surface area contributed by atoms with Crippen LogP contribution in [0.5, 0.6) is 0 Å². The molecule has 0 radical (unpaired) electrons. The van der Waals surface area contributed by atoms with Crippen LogP contribution in [0.2, 0.25) is 0 Å². The highest BCUT2D eigenvalue weighted by atomic mass is 15.1. The van der Waals surface area contributed by atoms with Gasteiger partial charge in [0.15, 0.2) is 0 Å². The summed E-state index contributed by atoms with van der Waals surface area (Å²) in [6.45, 7) is 7.18. The molecule has 1 unspecified atom stereocenters. The zero-order valence-electron chi connectivity index (χ0n) is 38.0. The van der Waals surface area contributed by atoms with Crippen LogP contribution in [0.15, 0.2) is 243 Å². The first-order valence-electron chi connectivity index (χ1n) is 23.7. The number of fused-ring (bicyclic) bond motifs is 9. The lowest BCUT2D eigenvalue weighted by Crippen LogP contribution is -2.28. The minimum absolute atomic E-state index is 0.161. The van der Waals surface area contributed by atoms with E-state index in [0.717, 1.165) is 17.1 Å². The summed E-state index contributed by atoms with van der Waals surface area (Å²) in [5, 5.41) is 0. The van der Waals surface area contributed by atoms with E-state index in [0.29, 0.717) is 0 Å². The maximum Gasteiger partial charge on any atom is 0.0713 e. The van der Waals surface area contributed by atoms with Crippen molar-refractivity contribution in [1.82, 2.24) is 0 Å². The number of nitrogens with zero attached hydrogens (tertiary/aromatic N) is 1. The number of hydrogen-bond acceptors (Lipinski definition) is 1. The van der Waals surface area contributed by atoms with Gasteiger partial charge in [0, 0.05) is 27.8 Å². The lowest BCUT2D eigenvalue weighted by atomic mass is 9.67. The monoisotopic (exact) mass is 855 g/mol. The summed E-state index contributed by atoms with van der Waals surface area (Å²) >= 11 is 0.